The van der Waals surface area contributed by atoms with Gasteiger partial charge in [-0.15, -0.1) is 0 Å². The van der Waals surface area contributed by atoms with Crippen molar-refractivity contribution in [2.75, 3.05) is 0 Å². The topological polar surface area (TPSA) is 107 Å². The quantitative estimate of drug-likeness (QED) is 0.587. The maximum atomic E-state index is 11.8. The summed E-state index contributed by atoms with van der Waals surface area (Å²) in [7, 11) is 0. The molecule has 0 saturated heterocycles. The minimum absolute atomic E-state index is 0.160. The smallest absolute Gasteiger partial charge is 0.305 e. The van der Waals surface area contributed by atoms with Gasteiger partial charge in [0.15, 0.2) is 11.5 Å². The van der Waals surface area contributed by atoms with Crippen LogP contribution in [0.15, 0.2) is 18.2 Å². The van der Waals surface area contributed by atoms with Crippen molar-refractivity contribution in [1.29, 1.82) is 0 Å². The van der Waals surface area contributed by atoms with Crippen LogP contribution in [0.5, 0.6) is 11.5 Å². The summed E-state index contributed by atoms with van der Waals surface area (Å²) in [6, 6.07) is 3.20. The van der Waals surface area contributed by atoms with Gasteiger partial charge in [0.2, 0.25) is 0 Å². The van der Waals surface area contributed by atoms with Crippen molar-refractivity contribution in [3.63, 3.8) is 0 Å². The predicted octanol–water partition coefficient (Wildman–Crippen LogP) is 1.08. The van der Waals surface area contributed by atoms with Gasteiger partial charge < -0.3 is 20.6 Å². The van der Waals surface area contributed by atoms with Gasteiger partial charge in [0.25, 0.3) is 5.91 Å². The zero-order chi connectivity index (χ0) is 13.7. The molecule has 0 saturated carbocycles. The molecule has 0 aliphatic rings. The van der Waals surface area contributed by atoms with Crippen LogP contribution in [-0.4, -0.2) is 33.2 Å². The molecule has 0 aliphatic heterocycles. The normalized spacial score (nSPS) is 11.8. The summed E-state index contributed by atoms with van der Waals surface area (Å²) in [5, 5.41) is 29.6. The Hall–Kier alpha value is -2.24. The third kappa shape index (κ3) is 3.65. The van der Waals surface area contributed by atoms with E-state index in [2.05, 4.69) is 5.32 Å². The predicted molar refractivity (Wildman–Crippen MR) is 63.6 cm³/mol. The SMILES string of the molecule is CCC(CC(=O)O)NC(=O)c1ccc(O)c(O)c1. The summed E-state index contributed by atoms with van der Waals surface area (Å²) >= 11 is 0. The number of carbonyl (C=O) groups is 2. The van der Waals surface area contributed by atoms with Crippen LogP contribution in [0.4, 0.5) is 0 Å². The molecular formula is C12H15NO5. The van der Waals surface area contributed by atoms with Gasteiger partial charge in [-0.3, -0.25) is 9.59 Å². The lowest BCUT2D eigenvalue weighted by Gasteiger charge is -2.14. The van der Waals surface area contributed by atoms with Gasteiger partial charge in [-0.1, -0.05) is 6.92 Å². The van der Waals surface area contributed by atoms with E-state index in [0.29, 0.717) is 6.42 Å². The van der Waals surface area contributed by atoms with E-state index in [1.54, 1.807) is 6.92 Å². The van der Waals surface area contributed by atoms with Gasteiger partial charge in [0.1, 0.15) is 0 Å². The standard InChI is InChI=1S/C12H15NO5/c1-2-8(6-11(16)17)13-12(18)7-3-4-9(14)10(15)5-7/h3-5,8,14-15H,2,6H2,1H3,(H,13,18)(H,16,17). The fraction of sp³-hybridized carbons (Fsp3) is 0.333. The summed E-state index contributed by atoms with van der Waals surface area (Å²) < 4.78 is 0. The maximum Gasteiger partial charge on any atom is 0.305 e. The highest BCUT2D eigenvalue weighted by Crippen LogP contribution is 2.24. The van der Waals surface area contributed by atoms with Gasteiger partial charge in [-0.05, 0) is 24.6 Å². The van der Waals surface area contributed by atoms with Crippen LogP contribution in [0.1, 0.15) is 30.1 Å². The molecule has 1 amide bonds. The first kappa shape index (κ1) is 13.8. The molecule has 6 nitrogen and oxygen atoms in total. The fourth-order valence-corrected chi connectivity index (χ4v) is 1.44. The lowest BCUT2D eigenvalue weighted by atomic mass is 10.1. The van der Waals surface area contributed by atoms with E-state index >= 15 is 0 Å². The Morgan fingerprint density at radius 3 is 2.44 bits per heavy atom. The van der Waals surface area contributed by atoms with Crippen LogP contribution in [0.3, 0.4) is 0 Å². The van der Waals surface area contributed by atoms with Crippen LogP contribution < -0.4 is 5.32 Å². The average Bonchev–Trinajstić information content (AvgIpc) is 2.31. The number of amides is 1. The number of benzene rings is 1. The van der Waals surface area contributed by atoms with Crippen molar-refractivity contribution in [3.8, 4) is 11.5 Å². The van der Waals surface area contributed by atoms with Gasteiger partial charge in [-0.25, -0.2) is 0 Å². The van der Waals surface area contributed by atoms with Crippen LogP contribution in [0.25, 0.3) is 0 Å². The Morgan fingerprint density at radius 1 is 1.28 bits per heavy atom. The number of aliphatic carboxylic acids is 1. The molecule has 98 valence electrons. The third-order valence-corrected chi connectivity index (χ3v) is 2.49. The lowest BCUT2D eigenvalue weighted by molar-refractivity contribution is -0.137. The molecule has 0 radical (unpaired) electrons. The van der Waals surface area contributed by atoms with E-state index in [-0.39, 0.29) is 17.7 Å². The first-order valence-electron chi connectivity index (χ1n) is 5.48. The highest BCUT2D eigenvalue weighted by atomic mass is 16.4. The molecule has 0 heterocycles. The van der Waals surface area contributed by atoms with Crippen molar-refractivity contribution in [2.45, 2.75) is 25.8 Å². The number of rotatable bonds is 5. The Morgan fingerprint density at radius 2 is 1.94 bits per heavy atom. The highest BCUT2D eigenvalue weighted by molar-refractivity contribution is 5.95. The molecule has 0 fully saturated rings. The Labute approximate surface area is 104 Å². The number of hydrogen-bond acceptors (Lipinski definition) is 4. The molecule has 1 aromatic carbocycles. The van der Waals surface area contributed by atoms with Crippen LogP contribution in [-0.2, 0) is 4.79 Å². The molecule has 0 spiro atoms. The molecular weight excluding hydrogens is 238 g/mol. The second-order valence-electron chi connectivity index (χ2n) is 3.88. The molecule has 6 heteroatoms. The monoisotopic (exact) mass is 253 g/mol. The highest BCUT2D eigenvalue weighted by Gasteiger charge is 2.16. The summed E-state index contributed by atoms with van der Waals surface area (Å²) in [5.41, 5.74) is 0.161. The van der Waals surface area contributed by atoms with Crippen LogP contribution >= 0.6 is 0 Å². The molecule has 0 bridgehead atoms. The van der Waals surface area contributed by atoms with E-state index < -0.39 is 23.7 Å². The maximum absolute atomic E-state index is 11.8. The molecule has 4 N–H and O–H groups in total. The second-order valence-corrected chi connectivity index (χ2v) is 3.88. The number of nitrogens with one attached hydrogen (secondary N) is 1. The van der Waals surface area contributed by atoms with Crippen LogP contribution in [0.2, 0.25) is 0 Å². The van der Waals surface area contributed by atoms with E-state index in [1.165, 1.54) is 12.1 Å². The first-order chi connectivity index (χ1) is 8.43. The van der Waals surface area contributed by atoms with Gasteiger partial charge >= 0.3 is 5.97 Å². The van der Waals surface area contributed by atoms with Crippen molar-refractivity contribution < 1.29 is 24.9 Å². The zero-order valence-electron chi connectivity index (χ0n) is 9.88. The zero-order valence-corrected chi connectivity index (χ0v) is 9.88. The van der Waals surface area contributed by atoms with E-state index in [0.717, 1.165) is 6.07 Å². The van der Waals surface area contributed by atoms with Crippen LogP contribution in [0, 0.1) is 0 Å². The van der Waals surface area contributed by atoms with Gasteiger partial charge in [0, 0.05) is 11.6 Å². The Bertz CT molecular complexity index is 458. The number of aromatic hydroxyl groups is 2. The fourth-order valence-electron chi connectivity index (χ4n) is 1.44. The minimum Gasteiger partial charge on any atom is -0.504 e. The van der Waals surface area contributed by atoms with Crippen molar-refractivity contribution >= 4 is 11.9 Å². The molecule has 1 rings (SSSR count). The van der Waals surface area contributed by atoms with Gasteiger partial charge in [0.05, 0.1) is 6.42 Å². The number of carboxylic acid groups (broad SMARTS) is 1. The Balaban J connectivity index is 2.74. The molecule has 0 aliphatic carbocycles. The summed E-state index contributed by atoms with van der Waals surface area (Å²) in [5.74, 6) is -2.19. The summed E-state index contributed by atoms with van der Waals surface area (Å²) in [4.78, 5) is 22.3. The van der Waals surface area contributed by atoms with Gasteiger partial charge in [-0.2, -0.15) is 0 Å². The molecule has 0 aromatic heterocycles. The number of phenolic OH excluding ortho intramolecular Hbond substituents is 2. The van der Waals surface area contributed by atoms with Crippen molar-refractivity contribution in [3.05, 3.63) is 23.8 Å². The Kier molecular flexibility index (Phi) is 4.53. The number of hydrogen-bond donors (Lipinski definition) is 4. The minimum atomic E-state index is -0.990. The molecule has 1 atom stereocenters. The number of carboxylic acids is 1. The summed E-state index contributed by atoms with van der Waals surface area (Å²) in [6.07, 6.45) is 0.328. The summed E-state index contributed by atoms with van der Waals surface area (Å²) in [6.45, 7) is 1.77. The van der Waals surface area contributed by atoms with E-state index in [9.17, 15) is 14.7 Å². The third-order valence-electron chi connectivity index (χ3n) is 2.49. The lowest BCUT2D eigenvalue weighted by Crippen LogP contribution is -2.35. The van der Waals surface area contributed by atoms with E-state index in [4.69, 9.17) is 10.2 Å². The molecule has 18 heavy (non-hydrogen) atoms. The average molecular weight is 253 g/mol. The molecule has 1 aromatic rings. The largest absolute Gasteiger partial charge is 0.504 e. The number of phenols is 2. The number of carbonyl (C=O) groups excluding carboxylic acids is 1. The molecule has 1 unspecified atom stereocenters. The van der Waals surface area contributed by atoms with Crippen molar-refractivity contribution in [2.24, 2.45) is 0 Å². The first-order valence-corrected chi connectivity index (χ1v) is 5.48. The second kappa shape index (κ2) is 5.90. The van der Waals surface area contributed by atoms with Crippen molar-refractivity contribution in [1.82, 2.24) is 5.32 Å². The van der Waals surface area contributed by atoms with E-state index in [1.807, 2.05) is 0 Å².